The smallest absolute Gasteiger partial charge is 0.311 e. The Kier molecular flexibility index (Phi) is 4.94. The highest BCUT2D eigenvalue weighted by molar-refractivity contribution is 5.74. The lowest BCUT2D eigenvalue weighted by molar-refractivity contribution is -0.135. The normalized spacial score (nSPS) is 24.2. The van der Waals surface area contributed by atoms with Crippen molar-refractivity contribution >= 4 is 5.97 Å². The van der Waals surface area contributed by atoms with E-state index in [1.807, 2.05) is 12.2 Å². The monoisotopic (exact) mass is 248 g/mol. The van der Waals surface area contributed by atoms with Gasteiger partial charge in [-0.25, -0.2) is 0 Å². The van der Waals surface area contributed by atoms with E-state index < -0.39 is 0 Å². The molecule has 1 aliphatic heterocycles. The maximum atomic E-state index is 11.3. The minimum Gasteiger partial charge on any atom is -0.431 e. The fourth-order valence-electron chi connectivity index (χ4n) is 2.54. The number of hydrogen-bond acceptors (Lipinski definition) is 2. The Labute approximate surface area is 110 Å². The number of carbonyl (C=O) groups is 1. The minimum atomic E-state index is -0.172. The summed E-state index contributed by atoms with van der Waals surface area (Å²) in [5.74, 6) is 1.00. The van der Waals surface area contributed by atoms with Crippen LogP contribution in [-0.2, 0) is 9.53 Å². The summed E-state index contributed by atoms with van der Waals surface area (Å²) in [7, 11) is 0. The third-order valence-corrected chi connectivity index (χ3v) is 4.18. The van der Waals surface area contributed by atoms with Crippen molar-refractivity contribution in [1.82, 2.24) is 0 Å². The second-order valence-corrected chi connectivity index (χ2v) is 5.35. The maximum Gasteiger partial charge on any atom is 0.311 e. The van der Waals surface area contributed by atoms with Gasteiger partial charge in [0.2, 0.25) is 0 Å². The second kappa shape index (κ2) is 6.03. The average Bonchev–Trinajstić information content (AvgIpc) is 2.70. The van der Waals surface area contributed by atoms with Gasteiger partial charge in [-0.1, -0.05) is 32.6 Å². The van der Waals surface area contributed by atoms with E-state index in [0.717, 1.165) is 19.3 Å². The molecule has 3 unspecified atom stereocenters. The van der Waals surface area contributed by atoms with Crippen molar-refractivity contribution in [2.45, 2.75) is 39.5 Å². The van der Waals surface area contributed by atoms with E-state index in [1.165, 1.54) is 0 Å². The third-order valence-electron chi connectivity index (χ3n) is 4.18. The Hall–Kier alpha value is -1.31. The summed E-state index contributed by atoms with van der Waals surface area (Å²) in [5, 5.41) is 0. The van der Waals surface area contributed by atoms with Crippen LogP contribution in [0.25, 0.3) is 0 Å². The van der Waals surface area contributed by atoms with Gasteiger partial charge in [0, 0.05) is 5.92 Å². The SMILES string of the molecule is C=CC(CC)CCC(C)(C=C)C1CC(=O)OC1=C. The Bertz CT molecular complexity index is 356. The molecule has 100 valence electrons. The third kappa shape index (κ3) is 3.12. The van der Waals surface area contributed by atoms with E-state index in [-0.39, 0.29) is 17.3 Å². The summed E-state index contributed by atoms with van der Waals surface area (Å²) in [6.07, 6.45) is 7.50. The molecule has 0 spiro atoms. The minimum absolute atomic E-state index is 0.0600. The first-order valence-electron chi connectivity index (χ1n) is 6.62. The van der Waals surface area contributed by atoms with Gasteiger partial charge < -0.3 is 4.74 Å². The van der Waals surface area contributed by atoms with E-state index >= 15 is 0 Å². The van der Waals surface area contributed by atoms with Gasteiger partial charge in [0.1, 0.15) is 5.76 Å². The zero-order valence-electron chi connectivity index (χ0n) is 11.6. The molecule has 0 N–H and O–H groups in total. The van der Waals surface area contributed by atoms with Crippen LogP contribution in [0.3, 0.4) is 0 Å². The molecule has 18 heavy (non-hydrogen) atoms. The highest BCUT2D eigenvalue weighted by Crippen LogP contribution is 2.44. The second-order valence-electron chi connectivity index (χ2n) is 5.35. The van der Waals surface area contributed by atoms with Crippen molar-refractivity contribution in [3.63, 3.8) is 0 Å². The van der Waals surface area contributed by atoms with Crippen LogP contribution in [0.2, 0.25) is 0 Å². The molecule has 0 aromatic rings. The predicted molar refractivity (Wildman–Crippen MR) is 74.9 cm³/mol. The topological polar surface area (TPSA) is 26.3 Å². The Balaban J connectivity index is 2.73. The predicted octanol–water partition coefficient (Wildman–Crippen LogP) is 4.25. The van der Waals surface area contributed by atoms with Crippen molar-refractivity contribution in [2.75, 3.05) is 0 Å². The van der Waals surface area contributed by atoms with E-state index in [1.54, 1.807) is 0 Å². The molecule has 1 aliphatic rings. The zero-order chi connectivity index (χ0) is 13.8. The number of cyclic esters (lactones) is 1. The molecule has 2 heteroatoms. The van der Waals surface area contributed by atoms with E-state index in [9.17, 15) is 4.79 Å². The number of hydrogen-bond donors (Lipinski definition) is 0. The van der Waals surface area contributed by atoms with Crippen LogP contribution in [0.15, 0.2) is 37.6 Å². The van der Waals surface area contributed by atoms with Crippen LogP contribution in [0.5, 0.6) is 0 Å². The van der Waals surface area contributed by atoms with Crippen LogP contribution in [0.4, 0.5) is 0 Å². The molecule has 0 amide bonds. The summed E-state index contributed by atoms with van der Waals surface area (Å²) < 4.78 is 5.08. The van der Waals surface area contributed by atoms with E-state index in [0.29, 0.717) is 18.1 Å². The van der Waals surface area contributed by atoms with Crippen LogP contribution in [0.1, 0.15) is 39.5 Å². The van der Waals surface area contributed by atoms with Crippen LogP contribution >= 0.6 is 0 Å². The molecule has 1 fully saturated rings. The summed E-state index contributed by atoms with van der Waals surface area (Å²) in [4.78, 5) is 11.3. The molecule has 0 bridgehead atoms. The molecule has 0 aromatic carbocycles. The number of carbonyl (C=O) groups excluding carboxylic acids is 1. The van der Waals surface area contributed by atoms with Crippen LogP contribution in [0, 0.1) is 17.3 Å². The van der Waals surface area contributed by atoms with Crippen LogP contribution in [-0.4, -0.2) is 5.97 Å². The van der Waals surface area contributed by atoms with Gasteiger partial charge >= 0.3 is 5.97 Å². The fraction of sp³-hybridized carbons (Fsp3) is 0.562. The summed E-state index contributed by atoms with van der Waals surface area (Å²) in [5.41, 5.74) is -0.125. The summed E-state index contributed by atoms with van der Waals surface area (Å²) >= 11 is 0. The first kappa shape index (κ1) is 14.7. The van der Waals surface area contributed by atoms with Gasteiger partial charge in [-0.05, 0) is 30.6 Å². The van der Waals surface area contributed by atoms with Crippen molar-refractivity contribution < 1.29 is 9.53 Å². The Morgan fingerprint density at radius 2 is 2.22 bits per heavy atom. The van der Waals surface area contributed by atoms with E-state index in [2.05, 4.69) is 33.6 Å². The molecule has 0 radical (unpaired) electrons. The molecule has 0 aliphatic carbocycles. The first-order valence-corrected chi connectivity index (χ1v) is 6.62. The highest BCUT2D eigenvalue weighted by Gasteiger charge is 2.41. The molecule has 0 aromatic heterocycles. The number of esters is 1. The van der Waals surface area contributed by atoms with Gasteiger partial charge in [0.15, 0.2) is 0 Å². The zero-order valence-corrected chi connectivity index (χ0v) is 11.6. The Morgan fingerprint density at radius 3 is 2.61 bits per heavy atom. The molecule has 0 saturated carbocycles. The van der Waals surface area contributed by atoms with Gasteiger partial charge in [0.05, 0.1) is 6.42 Å². The summed E-state index contributed by atoms with van der Waals surface area (Å²) in [6, 6.07) is 0. The van der Waals surface area contributed by atoms with Gasteiger partial charge in [-0.15, -0.1) is 13.2 Å². The lowest BCUT2D eigenvalue weighted by Crippen LogP contribution is -2.25. The fourth-order valence-corrected chi connectivity index (χ4v) is 2.54. The largest absolute Gasteiger partial charge is 0.431 e. The summed E-state index contributed by atoms with van der Waals surface area (Å²) in [6.45, 7) is 15.9. The van der Waals surface area contributed by atoms with Crippen molar-refractivity contribution in [2.24, 2.45) is 17.3 Å². The van der Waals surface area contributed by atoms with Crippen molar-refractivity contribution in [3.05, 3.63) is 37.6 Å². The lowest BCUT2D eigenvalue weighted by Gasteiger charge is -2.32. The molecular weight excluding hydrogens is 224 g/mol. The molecule has 2 nitrogen and oxygen atoms in total. The molecule has 1 heterocycles. The molecule has 1 rings (SSSR count). The maximum absolute atomic E-state index is 11.3. The van der Waals surface area contributed by atoms with Gasteiger partial charge in [-0.3, -0.25) is 4.79 Å². The Morgan fingerprint density at radius 1 is 1.56 bits per heavy atom. The lowest BCUT2D eigenvalue weighted by atomic mass is 9.71. The molecule has 3 atom stereocenters. The average molecular weight is 248 g/mol. The number of allylic oxidation sites excluding steroid dienone is 3. The number of ether oxygens (including phenoxy) is 1. The quantitative estimate of drug-likeness (QED) is 0.497. The highest BCUT2D eigenvalue weighted by atomic mass is 16.5. The van der Waals surface area contributed by atoms with Crippen LogP contribution < -0.4 is 0 Å². The number of rotatable bonds is 7. The standard InChI is InChI=1S/C16H24O2/c1-6-13(7-2)9-10-16(5,8-3)14-11-15(17)18-12(14)4/h6,8,13-14H,1,3-4,7,9-11H2,2,5H3. The molecular formula is C16H24O2. The van der Waals surface area contributed by atoms with Crippen molar-refractivity contribution in [3.8, 4) is 0 Å². The van der Waals surface area contributed by atoms with Crippen molar-refractivity contribution in [1.29, 1.82) is 0 Å². The first-order chi connectivity index (χ1) is 8.46. The van der Waals surface area contributed by atoms with Gasteiger partial charge in [0.25, 0.3) is 0 Å². The van der Waals surface area contributed by atoms with Gasteiger partial charge in [-0.2, -0.15) is 0 Å². The van der Waals surface area contributed by atoms with E-state index in [4.69, 9.17) is 4.74 Å². The molecule has 1 saturated heterocycles.